The van der Waals surface area contributed by atoms with Gasteiger partial charge in [0.1, 0.15) is 0 Å². The second-order valence-electron chi connectivity index (χ2n) is 6.16. The molecule has 0 saturated carbocycles. The molecule has 0 amide bonds. The first-order valence-corrected chi connectivity index (χ1v) is 9.73. The van der Waals surface area contributed by atoms with Crippen molar-refractivity contribution in [1.29, 1.82) is 0 Å². The number of halogens is 1. The number of aromatic nitrogens is 2. The first-order chi connectivity index (χ1) is 11.7. The van der Waals surface area contributed by atoms with Gasteiger partial charge in [-0.25, -0.2) is 0 Å². The third-order valence-corrected chi connectivity index (χ3v) is 6.20. The average molecular weight is 404 g/mol. The number of hydrogen-bond donors (Lipinski definition) is 0. The molecule has 0 aliphatic heterocycles. The predicted molar refractivity (Wildman–Crippen MR) is 98.9 cm³/mol. The minimum atomic E-state index is 0.418. The highest BCUT2D eigenvalue weighted by molar-refractivity contribution is 9.10. The Labute approximate surface area is 153 Å². The molecule has 24 heavy (non-hydrogen) atoms. The van der Waals surface area contributed by atoms with Crippen LogP contribution in [0, 0.1) is 0 Å². The average Bonchev–Trinajstić information content (AvgIpc) is 3.23. The van der Waals surface area contributed by atoms with Crippen molar-refractivity contribution in [2.75, 3.05) is 7.05 Å². The molecule has 1 aliphatic rings. The van der Waals surface area contributed by atoms with E-state index >= 15 is 0 Å². The predicted octanol–water partition coefficient (Wildman–Crippen LogP) is 5.07. The van der Waals surface area contributed by atoms with Gasteiger partial charge in [-0.3, -0.25) is 4.90 Å². The van der Waals surface area contributed by atoms with Gasteiger partial charge in [0.15, 0.2) is 0 Å². The summed E-state index contributed by atoms with van der Waals surface area (Å²) in [4.78, 5) is 7.89. The fourth-order valence-electron chi connectivity index (χ4n) is 3.36. The van der Waals surface area contributed by atoms with Gasteiger partial charge < -0.3 is 4.52 Å². The highest BCUT2D eigenvalue weighted by Gasteiger charge is 2.24. The Morgan fingerprint density at radius 1 is 1.38 bits per heavy atom. The van der Waals surface area contributed by atoms with Crippen LogP contribution in [-0.2, 0) is 13.0 Å². The molecule has 4 rings (SSSR count). The molecule has 2 aromatic heterocycles. The van der Waals surface area contributed by atoms with E-state index in [2.05, 4.69) is 62.3 Å². The smallest absolute Gasteiger partial charge is 0.241 e. The molecular weight excluding hydrogens is 386 g/mol. The maximum atomic E-state index is 5.47. The number of nitrogens with zero attached hydrogens (tertiary/aromatic N) is 3. The minimum absolute atomic E-state index is 0.418. The Balaban J connectivity index is 1.51. The Hall–Kier alpha value is -1.50. The fourth-order valence-corrected chi connectivity index (χ4v) is 4.71. The first-order valence-electron chi connectivity index (χ1n) is 8.06. The Kier molecular flexibility index (Phi) is 4.52. The second kappa shape index (κ2) is 6.78. The molecule has 1 atom stereocenters. The van der Waals surface area contributed by atoms with E-state index in [0.29, 0.717) is 24.3 Å². The van der Waals surface area contributed by atoms with Crippen LogP contribution in [0.2, 0.25) is 0 Å². The lowest BCUT2D eigenvalue weighted by atomic mass is 9.87. The molecule has 0 saturated heterocycles. The van der Waals surface area contributed by atoms with Crippen LogP contribution in [0.3, 0.4) is 0 Å². The number of benzene rings is 1. The topological polar surface area (TPSA) is 42.2 Å². The maximum absolute atomic E-state index is 5.47. The molecule has 0 bridgehead atoms. The maximum Gasteiger partial charge on any atom is 0.241 e. The van der Waals surface area contributed by atoms with Crippen LogP contribution in [0.5, 0.6) is 0 Å². The van der Waals surface area contributed by atoms with Crippen LogP contribution in [0.4, 0.5) is 0 Å². The summed E-state index contributed by atoms with van der Waals surface area (Å²) in [5.41, 5.74) is 2.91. The van der Waals surface area contributed by atoms with Gasteiger partial charge >= 0.3 is 0 Å². The summed E-state index contributed by atoms with van der Waals surface area (Å²) in [5, 5.41) is 6.14. The van der Waals surface area contributed by atoms with Crippen molar-refractivity contribution in [3.8, 4) is 10.7 Å². The molecular formula is C18H18BrN3OS. The van der Waals surface area contributed by atoms with E-state index < -0.39 is 0 Å². The molecule has 0 fully saturated rings. The molecule has 4 nitrogen and oxygen atoms in total. The van der Waals surface area contributed by atoms with Crippen LogP contribution in [0.25, 0.3) is 10.7 Å². The highest BCUT2D eigenvalue weighted by Crippen LogP contribution is 2.34. The van der Waals surface area contributed by atoms with Gasteiger partial charge in [-0.1, -0.05) is 29.4 Å². The minimum Gasteiger partial charge on any atom is -0.338 e. The third kappa shape index (κ3) is 3.18. The quantitative estimate of drug-likeness (QED) is 0.609. The zero-order valence-electron chi connectivity index (χ0n) is 13.4. The molecule has 0 N–H and O–H groups in total. The number of rotatable bonds is 4. The van der Waals surface area contributed by atoms with E-state index in [1.807, 2.05) is 11.4 Å². The summed E-state index contributed by atoms with van der Waals surface area (Å²) in [6.07, 6.45) is 3.58. The molecule has 3 aromatic rings. The number of fused-ring (bicyclic) bond motifs is 1. The van der Waals surface area contributed by atoms with E-state index in [4.69, 9.17) is 4.52 Å². The van der Waals surface area contributed by atoms with Crippen molar-refractivity contribution < 1.29 is 4.52 Å². The lowest BCUT2D eigenvalue weighted by Gasteiger charge is -2.32. The van der Waals surface area contributed by atoms with E-state index in [-0.39, 0.29) is 0 Å². The highest BCUT2D eigenvalue weighted by atomic mass is 79.9. The van der Waals surface area contributed by atoms with Crippen LogP contribution in [0.15, 0.2) is 44.7 Å². The van der Waals surface area contributed by atoms with Gasteiger partial charge in [0, 0.05) is 15.9 Å². The van der Waals surface area contributed by atoms with Crippen LogP contribution >= 0.6 is 27.3 Å². The van der Waals surface area contributed by atoms with Gasteiger partial charge in [0.05, 0.1) is 11.4 Å². The monoisotopic (exact) mass is 403 g/mol. The Morgan fingerprint density at radius 3 is 3.08 bits per heavy atom. The number of hydrogen-bond acceptors (Lipinski definition) is 5. The molecule has 6 heteroatoms. The van der Waals surface area contributed by atoms with Crippen molar-refractivity contribution >= 4 is 27.3 Å². The summed E-state index contributed by atoms with van der Waals surface area (Å²) in [6.45, 7) is 0.665. The summed E-state index contributed by atoms with van der Waals surface area (Å²) in [6, 6.07) is 11.2. The molecule has 0 spiro atoms. The Morgan fingerprint density at radius 2 is 2.25 bits per heavy atom. The second-order valence-corrected chi connectivity index (χ2v) is 7.99. The van der Waals surface area contributed by atoms with Crippen LogP contribution in [-0.4, -0.2) is 22.1 Å². The first kappa shape index (κ1) is 16.0. The molecule has 0 radical (unpaired) electrons. The zero-order valence-corrected chi connectivity index (χ0v) is 15.8. The largest absolute Gasteiger partial charge is 0.338 e. The van der Waals surface area contributed by atoms with Crippen molar-refractivity contribution in [3.05, 3.63) is 57.2 Å². The van der Waals surface area contributed by atoms with E-state index in [9.17, 15) is 0 Å². The lowest BCUT2D eigenvalue weighted by Crippen LogP contribution is -2.27. The molecule has 124 valence electrons. The van der Waals surface area contributed by atoms with Gasteiger partial charge in [-0.15, -0.1) is 11.3 Å². The number of aryl methyl sites for hydroxylation is 1. The van der Waals surface area contributed by atoms with Gasteiger partial charge in [-0.2, -0.15) is 4.98 Å². The Bertz CT molecular complexity index is 844. The van der Waals surface area contributed by atoms with Crippen LogP contribution < -0.4 is 0 Å². The summed E-state index contributed by atoms with van der Waals surface area (Å²) < 4.78 is 6.51. The van der Waals surface area contributed by atoms with Crippen molar-refractivity contribution in [2.45, 2.75) is 31.8 Å². The fraction of sp³-hybridized carbons (Fsp3) is 0.333. The molecule has 1 aliphatic carbocycles. The molecule has 2 heterocycles. The van der Waals surface area contributed by atoms with Crippen LogP contribution in [0.1, 0.15) is 35.9 Å². The standard InChI is InChI=1S/C18H18BrN3OS/c1-22(15-8-4-6-12-5-2-3-7-14(12)15)10-17-20-18(21-23-17)16-9-13(19)11-24-16/h2-3,5,7,9,11,15H,4,6,8,10H2,1H3. The van der Waals surface area contributed by atoms with E-state index in [1.165, 1.54) is 30.4 Å². The lowest BCUT2D eigenvalue weighted by molar-refractivity contribution is 0.187. The third-order valence-electron chi connectivity index (χ3n) is 4.51. The van der Waals surface area contributed by atoms with Crippen molar-refractivity contribution in [3.63, 3.8) is 0 Å². The van der Waals surface area contributed by atoms with Gasteiger partial charge in [-0.05, 0) is 59.4 Å². The molecule has 1 unspecified atom stereocenters. The van der Waals surface area contributed by atoms with Gasteiger partial charge in [0.25, 0.3) is 0 Å². The zero-order chi connectivity index (χ0) is 16.5. The molecule has 1 aromatic carbocycles. The summed E-state index contributed by atoms with van der Waals surface area (Å²) in [7, 11) is 2.14. The van der Waals surface area contributed by atoms with E-state index in [0.717, 1.165) is 9.35 Å². The summed E-state index contributed by atoms with van der Waals surface area (Å²) in [5.74, 6) is 1.33. The summed E-state index contributed by atoms with van der Waals surface area (Å²) >= 11 is 5.07. The normalized spacial score (nSPS) is 17.2. The van der Waals surface area contributed by atoms with E-state index in [1.54, 1.807) is 11.3 Å². The van der Waals surface area contributed by atoms with Crippen molar-refractivity contribution in [1.82, 2.24) is 15.0 Å². The van der Waals surface area contributed by atoms with Crippen molar-refractivity contribution in [2.24, 2.45) is 0 Å². The SMILES string of the molecule is CN(Cc1nc(-c2cc(Br)cs2)no1)C1CCCc2ccccc21. The van der Waals surface area contributed by atoms with Gasteiger partial charge in [0.2, 0.25) is 11.7 Å². The number of thiophene rings is 1.